The Balaban J connectivity index is 1.83. The third-order valence-corrected chi connectivity index (χ3v) is 5.11. The summed E-state index contributed by atoms with van der Waals surface area (Å²) in [5.41, 5.74) is -1.41. The third-order valence-electron chi connectivity index (χ3n) is 5.11. The highest BCUT2D eigenvalue weighted by molar-refractivity contribution is 6.04. The Morgan fingerprint density at radius 1 is 1.20 bits per heavy atom. The monoisotopic (exact) mass is 415 g/mol. The maximum absolute atomic E-state index is 13.2. The van der Waals surface area contributed by atoms with Crippen molar-refractivity contribution in [1.82, 2.24) is 10.3 Å². The first-order valence-electron chi connectivity index (χ1n) is 10.1. The number of anilines is 1. The molecule has 1 saturated carbocycles. The van der Waals surface area contributed by atoms with E-state index < -0.39 is 29.2 Å². The van der Waals surface area contributed by atoms with Crippen molar-refractivity contribution >= 4 is 28.6 Å². The smallest absolute Gasteiger partial charge is 0.407 e. The average molecular weight is 415 g/mol. The van der Waals surface area contributed by atoms with Crippen LogP contribution in [0.2, 0.25) is 0 Å². The molecular weight excluding hydrogens is 386 g/mol. The van der Waals surface area contributed by atoms with Crippen LogP contribution >= 0.6 is 0 Å². The van der Waals surface area contributed by atoms with E-state index in [1.165, 1.54) is 7.11 Å². The Kier molecular flexibility index (Phi) is 6.17. The Morgan fingerprint density at radius 2 is 1.97 bits per heavy atom. The lowest BCUT2D eigenvalue weighted by Crippen LogP contribution is -2.61. The van der Waals surface area contributed by atoms with Gasteiger partial charge in [-0.25, -0.2) is 9.78 Å². The van der Waals surface area contributed by atoms with Crippen LogP contribution in [0.25, 0.3) is 10.9 Å². The largest absolute Gasteiger partial charge is 0.481 e. The molecule has 30 heavy (non-hydrogen) atoms. The summed E-state index contributed by atoms with van der Waals surface area (Å²) in [5.74, 6) is -0.162. The Hall–Kier alpha value is -2.87. The molecular formula is C22H29N3O5. The third kappa shape index (κ3) is 4.81. The number of pyridine rings is 1. The van der Waals surface area contributed by atoms with Crippen molar-refractivity contribution in [2.45, 2.75) is 63.7 Å². The van der Waals surface area contributed by atoms with Crippen LogP contribution in [0.1, 0.15) is 46.5 Å². The molecule has 0 aliphatic heterocycles. The highest BCUT2D eigenvalue weighted by Gasteiger charge is 2.46. The molecule has 1 aliphatic carbocycles. The Labute approximate surface area is 176 Å². The van der Waals surface area contributed by atoms with Crippen molar-refractivity contribution in [2.24, 2.45) is 0 Å². The summed E-state index contributed by atoms with van der Waals surface area (Å²) in [6.07, 6.45) is 1.53. The van der Waals surface area contributed by atoms with Crippen LogP contribution in [-0.4, -0.2) is 46.4 Å². The number of methoxy groups -OCH3 is 1. The fourth-order valence-electron chi connectivity index (χ4n) is 3.64. The van der Waals surface area contributed by atoms with Crippen molar-refractivity contribution in [1.29, 1.82) is 0 Å². The number of nitrogens with zero attached hydrogens (tertiary/aromatic N) is 1. The maximum Gasteiger partial charge on any atom is 0.407 e. The molecule has 162 valence electrons. The summed E-state index contributed by atoms with van der Waals surface area (Å²) >= 11 is 0. The quantitative estimate of drug-likeness (QED) is 0.706. The SMILES string of the molecule is COc1ccc2cccc(NC(=O)C3(O)CCCCC3NC(=O)OC(C)(C)C)c2n1. The second kappa shape index (κ2) is 8.47. The number of aliphatic hydroxyl groups is 1. The Morgan fingerprint density at radius 3 is 2.67 bits per heavy atom. The van der Waals surface area contributed by atoms with Crippen LogP contribution in [0.3, 0.4) is 0 Å². The number of hydrogen-bond acceptors (Lipinski definition) is 6. The van der Waals surface area contributed by atoms with Crippen molar-refractivity contribution in [3.8, 4) is 5.88 Å². The second-order valence-corrected chi connectivity index (χ2v) is 8.55. The zero-order valence-corrected chi connectivity index (χ0v) is 17.8. The van der Waals surface area contributed by atoms with Gasteiger partial charge in [0.25, 0.3) is 5.91 Å². The molecule has 0 bridgehead atoms. The van der Waals surface area contributed by atoms with E-state index in [9.17, 15) is 14.7 Å². The van der Waals surface area contributed by atoms with Crippen LogP contribution in [0.5, 0.6) is 5.88 Å². The molecule has 3 rings (SSSR count). The molecule has 0 radical (unpaired) electrons. The summed E-state index contributed by atoms with van der Waals surface area (Å²) in [4.78, 5) is 29.8. The van der Waals surface area contributed by atoms with Crippen molar-refractivity contribution in [2.75, 3.05) is 12.4 Å². The molecule has 1 heterocycles. The van der Waals surface area contributed by atoms with Gasteiger partial charge in [-0.15, -0.1) is 0 Å². The molecule has 1 aromatic carbocycles. The molecule has 2 atom stereocenters. The highest BCUT2D eigenvalue weighted by atomic mass is 16.6. The summed E-state index contributed by atoms with van der Waals surface area (Å²) in [6, 6.07) is 8.23. The summed E-state index contributed by atoms with van der Waals surface area (Å²) < 4.78 is 10.5. The normalized spacial score (nSPS) is 21.7. The van der Waals surface area contributed by atoms with Gasteiger partial charge < -0.3 is 25.2 Å². The number of ether oxygens (including phenoxy) is 2. The molecule has 0 spiro atoms. The predicted octanol–water partition coefficient (Wildman–Crippen LogP) is 3.38. The molecule has 8 nitrogen and oxygen atoms in total. The van der Waals surface area contributed by atoms with E-state index in [1.807, 2.05) is 12.1 Å². The van der Waals surface area contributed by atoms with Crippen LogP contribution in [0, 0.1) is 0 Å². The van der Waals surface area contributed by atoms with Crippen molar-refractivity contribution in [3.63, 3.8) is 0 Å². The minimum absolute atomic E-state index is 0.237. The van der Waals surface area contributed by atoms with Gasteiger partial charge in [-0.2, -0.15) is 0 Å². The standard InChI is InChI=1S/C22H29N3O5/c1-21(2,3)30-20(27)24-16-10-5-6-13-22(16,28)19(26)23-15-9-7-8-14-11-12-17(29-4)25-18(14)15/h7-9,11-12,16,28H,5-6,10,13H2,1-4H3,(H,23,26)(H,24,27). The van der Waals surface area contributed by atoms with E-state index >= 15 is 0 Å². The molecule has 1 fully saturated rings. The Bertz CT molecular complexity index is 940. The van der Waals surface area contributed by atoms with E-state index in [4.69, 9.17) is 9.47 Å². The number of carbonyl (C=O) groups is 2. The van der Waals surface area contributed by atoms with E-state index in [2.05, 4.69) is 15.6 Å². The van der Waals surface area contributed by atoms with Gasteiger partial charge in [0, 0.05) is 11.5 Å². The van der Waals surface area contributed by atoms with Gasteiger partial charge in [0.15, 0.2) is 5.60 Å². The minimum Gasteiger partial charge on any atom is -0.481 e. The summed E-state index contributed by atoms with van der Waals surface area (Å²) in [6.45, 7) is 5.27. The number of amides is 2. The minimum atomic E-state index is -1.75. The fourth-order valence-corrected chi connectivity index (χ4v) is 3.64. The number of alkyl carbamates (subject to hydrolysis) is 1. The first-order chi connectivity index (χ1) is 14.1. The number of nitrogens with one attached hydrogen (secondary N) is 2. The number of para-hydroxylation sites is 1. The van der Waals surface area contributed by atoms with Crippen LogP contribution in [0.4, 0.5) is 10.5 Å². The zero-order chi connectivity index (χ0) is 21.9. The van der Waals surface area contributed by atoms with E-state index in [0.717, 1.165) is 11.8 Å². The second-order valence-electron chi connectivity index (χ2n) is 8.55. The highest BCUT2D eigenvalue weighted by Crippen LogP contribution is 2.32. The summed E-state index contributed by atoms with van der Waals surface area (Å²) in [5, 5.41) is 17.6. The number of hydrogen-bond donors (Lipinski definition) is 3. The van der Waals surface area contributed by atoms with Gasteiger partial charge in [-0.1, -0.05) is 18.6 Å². The molecule has 2 amide bonds. The average Bonchev–Trinajstić information content (AvgIpc) is 2.68. The molecule has 1 aromatic heterocycles. The summed E-state index contributed by atoms with van der Waals surface area (Å²) in [7, 11) is 1.52. The van der Waals surface area contributed by atoms with Gasteiger partial charge in [0.1, 0.15) is 5.60 Å². The maximum atomic E-state index is 13.2. The molecule has 2 unspecified atom stereocenters. The van der Waals surface area contributed by atoms with Gasteiger partial charge in [-0.05, 0) is 52.2 Å². The molecule has 3 N–H and O–H groups in total. The zero-order valence-electron chi connectivity index (χ0n) is 17.8. The van der Waals surface area contributed by atoms with E-state index in [-0.39, 0.29) is 6.42 Å². The molecule has 2 aromatic rings. The first kappa shape index (κ1) is 21.8. The number of carbonyl (C=O) groups excluding carboxylic acids is 2. The lowest BCUT2D eigenvalue weighted by molar-refractivity contribution is -0.140. The lowest BCUT2D eigenvalue weighted by atomic mass is 9.79. The van der Waals surface area contributed by atoms with Gasteiger partial charge in [-0.3, -0.25) is 4.79 Å². The van der Waals surface area contributed by atoms with Gasteiger partial charge in [0.05, 0.1) is 24.4 Å². The van der Waals surface area contributed by atoms with E-state index in [1.54, 1.807) is 39.0 Å². The number of rotatable bonds is 4. The van der Waals surface area contributed by atoms with Crippen LogP contribution in [0.15, 0.2) is 30.3 Å². The van der Waals surface area contributed by atoms with E-state index in [0.29, 0.717) is 29.9 Å². The molecule has 1 aliphatic rings. The fraction of sp³-hybridized carbons (Fsp3) is 0.500. The number of fused-ring (bicyclic) bond motifs is 1. The van der Waals surface area contributed by atoms with Crippen molar-refractivity contribution < 1.29 is 24.2 Å². The number of benzene rings is 1. The number of aromatic nitrogens is 1. The van der Waals surface area contributed by atoms with Gasteiger partial charge >= 0.3 is 6.09 Å². The van der Waals surface area contributed by atoms with Crippen LogP contribution in [-0.2, 0) is 9.53 Å². The topological polar surface area (TPSA) is 110 Å². The molecule has 0 saturated heterocycles. The van der Waals surface area contributed by atoms with Gasteiger partial charge in [0.2, 0.25) is 5.88 Å². The molecule has 8 heteroatoms. The first-order valence-corrected chi connectivity index (χ1v) is 10.1. The predicted molar refractivity (Wildman–Crippen MR) is 114 cm³/mol. The van der Waals surface area contributed by atoms with Crippen LogP contribution < -0.4 is 15.4 Å². The van der Waals surface area contributed by atoms with Crippen molar-refractivity contribution in [3.05, 3.63) is 30.3 Å². The lowest BCUT2D eigenvalue weighted by Gasteiger charge is -2.39.